The van der Waals surface area contributed by atoms with E-state index in [1.54, 1.807) is 36.4 Å². The van der Waals surface area contributed by atoms with Crippen LogP contribution in [-0.4, -0.2) is 15.3 Å². The van der Waals surface area contributed by atoms with Gasteiger partial charge in [-0.2, -0.15) is 0 Å². The summed E-state index contributed by atoms with van der Waals surface area (Å²) in [4.78, 5) is 0. The molecular weight excluding hydrogens is 352 g/mol. The van der Waals surface area contributed by atoms with Gasteiger partial charge in [-0.1, -0.05) is 48.5 Å². The van der Waals surface area contributed by atoms with E-state index in [2.05, 4.69) is 0 Å². The molecule has 0 aromatic heterocycles. The fraction of sp³-hybridized carbons (Fsp3) is 0.0435. The molecule has 0 saturated heterocycles. The van der Waals surface area contributed by atoms with Crippen molar-refractivity contribution in [3.05, 3.63) is 90.5 Å². The minimum absolute atomic E-state index is 0.213. The van der Waals surface area contributed by atoms with E-state index in [1.165, 1.54) is 12.1 Å². The Morgan fingerprint density at radius 2 is 1.25 bits per heavy atom. The molecule has 0 heterocycles. The van der Waals surface area contributed by atoms with Gasteiger partial charge in [-0.15, -0.1) is 0 Å². The minimum atomic E-state index is 0.213. The summed E-state index contributed by atoms with van der Waals surface area (Å²) in [6.45, 7) is 1.83. The van der Waals surface area contributed by atoms with Gasteiger partial charge in [0.15, 0.2) is 0 Å². The lowest BCUT2D eigenvalue weighted by atomic mass is 10.1. The summed E-state index contributed by atoms with van der Waals surface area (Å²) in [5, 5.41) is 29.1. The standard InChI is InChI=1S/C10H8O.C7H9NO.C6H7NO/c11-10-7-3-5-8-4-1-2-6-9(8)10;1-5-2-3-6(8)4-7(5)9;7-5-2-1-3-6(8)4-5/h1-7,11H;2-4,9H,8H2,1H3;1-4,8H,7H2. The van der Waals surface area contributed by atoms with Crippen LogP contribution in [0.25, 0.3) is 10.8 Å². The lowest BCUT2D eigenvalue weighted by molar-refractivity contribution is 0.471. The quantitative estimate of drug-likeness (QED) is 0.283. The molecule has 5 nitrogen and oxygen atoms in total. The lowest BCUT2D eigenvalue weighted by Crippen LogP contribution is -1.83. The molecule has 0 unspecified atom stereocenters. The first-order chi connectivity index (χ1) is 13.4. The highest BCUT2D eigenvalue weighted by atomic mass is 16.3. The van der Waals surface area contributed by atoms with E-state index in [4.69, 9.17) is 21.7 Å². The average Bonchev–Trinajstić information content (AvgIpc) is 2.66. The maximum absolute atomic E-state index is 9.37. The zero-order chi connectivity index (χ0) is 20.5. The second-order valence-electron chi connectivity index (χ2n) is 6.14. The molecule has 4 aromatic carbocycles. The van der Waals surface area contributed by atoms with Gasteiger partial charge in [0, 0.05) is 28.9 Å². The van der Waals surface area contributed by atoms with Gasteiger partial charge in [0.25, 0.3) is 0 Å². The Morgan fingerprint density at radius 1 is 0.607 bits per heavy atom. The van der Waals surface area contributed by atoms with Crippen LogP contribution in [0.1, 0.15) is 5.56 Å². The molecule has 0 spiro atoms. The molecule has 0 fully saturated rings. The molecule has 0 aliphatic heterocycles. The van der Waals surface area contributed by atoms with Gasteiger partial charge in [-0.25, -0.2) is 0 Å². The highest BCUT2D eigenvalue weighted by Crippen LogP contribution is 2.23. The van der Waals surface area contributed by atoms with E-state index in [1.807, 2.05) is 43.3 Å². The molecule has 5 heteroatoms. The molecule has 0 aliphatic rings. The maximum atomic E-state index is 9.37. The number of fused-ring (bicyclic) bond motifs is 1. The van der Waals surface area contributed by atoms with Gasteiger partial charge < -0.3 is 26.8 Å². The summed E-state index contributed by atoms with van der Waals surface area (Å²) in [7, 11) is 0. The monoisotopic (exact) mass is 376 g/mol. The average molecular weight is 376 g/mol. The number of phenolic OH excluding ortho intramolecular Hbond substituents is 3. The molecule has 0 atom stereocenters. The van der Waals surface area contributed by atoms with Crippen LogP contribution in [0.3, 0.4) is 0 Å². The number of anilines is 2. The van der Waals surface area contributed by atoms with Crippen LogP contribution in [0.4, 0.5) is 11.4 Å². The second kappa shape index (κ2) is 9.73. The molecule has 144 valence electrons. The molecule has 4 rings (SSSR count). The maximum Gasteiger partial charge on any atom is 0.123 e. The van der Waals surface area contributed by atoms with Crippen LogP contribution < -0.4 is 11.5 Å². The zero-order valence-corrected chi connectivity index (χ0v) is 15.6. The molecule has 7 N–H and O–H groups in total. The van der Waals surface area contributed by atoms with Gasteiger partial charge in [-0.05, 0) is 42.1 Å². The summed E-state index contributed by atoms with van der Waals surface area (Å²) in [5.74, 6) is 0.822. The number of benzene rings is 4. The van der Waals surface area contributed by atoms with E-state index in [0.717, 1.165) is 16.3 Å². The normalized spacial score (nSPS) is 9.61. The summed E-state index contributed by atoms with van der Waals surface area (Å²) in [5.41, 5.74) is 12.7. The van der Waals surface area contributed by atoms with Crippen LogP contribution in [0.15, 0.2) is 84.9 Å². The zero-order valence-electron chi connectivity index (χ0n) is 15.6. The summed E-state index contributed by atoms with van der Waals surface area (Å²) in [6.07, 6.45) is 0. The van der Waals surface area contributed by atoms with Gasteiger partial charge in [0.2, 0.25) is 0 Å². The highest BCUT2D eigenvalue weighted by molar-refractivity contribution is 5.87. The van der Waals surface area contributed by atoms with Gasteiger partial charge in [0.05, 0.1) is 0 Å². The lowest BCUT2D eigenvalue weighted by Gasteiger charge is -1.97. The molecule has 28 heavy (non-hydrogen) atoms. The first-order valence-corrected chi connectivity index (χ1v) is 8.63. The Balaban J connectivity index is 0.000000153. The summed E-state index contributed by atoms with van der Waals surface area (Å²) < 4.78 is 0. The van der Waals surface area contributed by atoms with Crippen LogP contribution in [0.5, 0.6) is 17.2 Å². The highest BCUT2D eigenvalue weighted by Gasteiger charge is 1.94. The molecule has 0 amide bonds. The third-order valence-electron chi connectivity index (χ3n) is 3.87. The largest absolute Gasteiger partial charge is 0.508 e. The Kier molecular flexibility index (Phi) is 7.11. The number of hydrogen-bond acceptors (Lipinski definition) is 5. The summed E-state index contributed by atoms with van der Waals surface area (Å²) in [6, 6.07) is 24.9. The SMILES string of the molecule is Cc1ccc(N)cc1O.Nc1cccc(O)c1.Oc1cccc2ccccc12. The molecule has 0 bridgehead atoms. The number of rotatable bonds is 0. The van der Waals surface area contributed by atoms with Crippen molar-refractivity contribution in [1.82, 2.24) is 0 Å². The summed E-state index contributed by atoms with van der Waals surface area (Å²) >= 11 is 0. The topological polar surface area (TPSA) is 113 Å². The van der Waals surface area contributed by atoms with Crippen molar-refractivity contribution in [1.29, 1.82) is 0 Å². The van der Waals surface area contributed by atoms with Crippen LogP contribution in [0.2, 0.25) is 0 Å². The fourth-order valence-corrected chi connectivity index (χ4v) is 2.36. The van der Waals surface area contributed by atoms with Crippen molar-refractivity contribution in [3.8, 4) is 17.2 Å². The molecule has 0 aliphatic carbocycles. The van der Waals surface area contributed by atoms with E-state index in [-0.39, 0.29) is 11.5 Å². The van der Waals surface area contributed by atoms with Gasteiger partial charge >= 0.3 is 0 Å². The second-order valence-corrected chi connectivity index (χ2v) is 6.14. The molecule has 0 saturated carbocycles. The van der Waals surface area contributed by atoms with Crippen molar-refractivity contribution in [2.24, 2.45) is 0 Å². The van der Waals surface area contributed by atoms with Gasteiger partial charge in [0.1, 0.15) is 17.2 Å². The van der Waals surface area contributed by atoms with E-state index < -0.39 is 0 Å². The van der Waals surface area contributed by atoms with Crippen molar-refractivity contribution in [2.45, 2.75) is 6.92 Å². The predicted octanol–water partition coefficient (Wildman–Crippen LogP) is 4.80. The van der Waals surface area contributed by atoms with Crippen molar-refractivity contribution >= 4 is 22.1 Å². The number of hydrogen-bond donors (Lipinski definition) is 5. The smallest absolute Gasteiger partial charge is 0.123 e. The Labute approximate surface area is 164 Å². The number of aryl methyl sites for hydroxylation is 1. The third kappa shape index (κ3) is 6.14. The Bertz CT molecular complexity index is 1030. The molecule has 0 radical (unpaired) electrons. The number of aromatic hydroxyl groups is 3. The number of nitrogens with two attached hydrogens (primary N) is 2. The van der Waals surface area contributed by atoms with E-state index in [0.29, 0.717) is 17.1 Å². The van der Waals surface area contributed by atoms with Crippen molar-refractivity contribution in [3.63, 3.8) is 0 Å². The van der Waals surface area contributed by atoms with Crippen molar-refractivity contribution in [2.75, 3.05) is 11.5 Å². The first-order valence-electron chi connectivity index (χ1n) is 8.63. The molecule has 4 aromatic rings. The van der Waals surface area contributed by atoms with Crippen LogP contribution >= 0.6 is 0 Å². The van der Waals surface area contributed by atoms with Crippen molar-refractivity contribution < 1.29 is 15.3 Å². The fourth-order valence-electron chi connectivity index (χ4n) is 2.36. The minimum Gasteiger partial charge on any atom is -0.508 e. The predicted molar refractivity (Wildman–Crippen MR) is 115 cm³/mol. The van der Waals surface area contributed by atoms with E-state index >= 15 is 0 Å². The first kappa shape index (κ1) is 20.5. The van der Waals surface area contributed by atoms with Crippen LogP contribution in [-0.2, 0) is 0 Å². The number of phenols is 3. The Hall–Kier alpha value is -3.86. The number of nitrogen functional groups attached to an aromatic ring is 2. The molecular formula is C23H24N2O3. The third-order valence-corrected chi connectivity index (χ3v) is 3.87. The van der Waals surface area contributed by atoms with Gasteiger partial charge in [-0.3, -0.25) is 0 Å². The van der Waals surface area contributed by atoms with Crippen LogP contribution in [0, 0.1) is 6.92 Å². The Morgan fingerprint density at radius 3 is 1.82 bits per heavy atom. The van der Waals surface area contributed by atoms with E-state index in [9.17, 15) is 5.11 Å².